The predicted molar refractivity (Wildman–Crippen MR) is 74.3 cm³/mol. The average molecular weight is 263 g/mol. The van der Waals surface area contributed by atoms with E-state index in [0.717, 1.165) is 31.7 Å². The molecule has 0 aromatic rings. The maximum absolute atomic E-state index is 12.3. The normalized spacial score (nSPS) is 15.3. The number of rotatable bonds is 7. The molecule has 0 heterocycles. The minimum atomic E-state index is -0.321. The molecule has 0 spiro atoms. The molecule has 0 aliphatic heterocycles. The van der Waals surface area contributed by atoms with Gasteiger partial charge in [-0.05, 0) is 25.2 Å². The monoisotopic (exact) mass is 262 g/mol. The lowest BCUT2D eigenvalue weighted by Gasteiger charge is -2.33. The lowest BCUT2D eigenvalue weighted by molar-refractivity contribution is -0.140. The van der Waals surface area contributed by atoms with Crippen LogP contribution < -0.4 is 5.73 Å². The molecule has 0 atom stereocenters. The molecule has 3 nitrogen and oxygen atoms in total. The highest BCUT2D eigenvalue weighted by atomic mass is 35.5. The van der Waals surface area contributed by atoms with Gasteiger partial charge < -0.3 is 10.6 Å². The molecule has 1 saturated carbocycles. The van der Waals surface area contributed by atoms with Crippen LogP contribution in [0.2, 0.25) is 0 Å². The van der Waals surface area contributed by atoms with E-state index in [1.165, 1.54) is 12.8 Å². The fraction of sp³-hybridized carbons (Fsp3) is 0.923. The minimum Gasteiger partial charge on any atom is -0.345 e. The van der Waals surface area contributed by atoms with Crippen molar-refractivity contribution in [3.05, 3.63) is 0 Å². The molecule has 1 aliphatic carbocycles. The van der Waals surface area contributed by atoms with Crippen LogP contribution in [0.15, 0.2) is 0 Å². The third-order valence-corrected chi connectivity index (χ3v) is 4.11. The predicted octanol–water partition coefficient (Wildman–Crippen LogP) is 2.43. The van der Waals surface area contributed by atoms with Crippen LogP contribution in [-0.2, 0) is 4.79 Å². The summed E-state index contributed by atoms with van der Waals surface area (Å²) in [5.41, 5.74) is 5.47. The van der Waals surface area contributed by atoms with E-state index in [0.29, 0.717) is 6.54 Å². The second kappa shape index (κ2) is 7.22. The van der Waals surface area contributed by atoms with Crippen molar-refractivity contribution in [3.63, 3.8) is 0 Å². The Morgan fingerprint density at radius 3 is 2.24 bits per heavy atom. The number of hydrogen-bond donors (Lipinski definition) is 1. The van der Waals surface area contributed by atoms with Crippen molar-refractivity contribution in [1.29, 1.82) is 0 Å². The fourth-order valence-electron chi connectivity index (χ4n) is 2.22. The quantitative estimate of drug-likeness (QED) is 0.766. The smallest absolute Gasteiger partial charge is 0.229 e. The molecule has 0 radical (unpaired) electrons. The number of carbonyl (C=O) groups is 1. The van der Waals surface area contributed by atoms with Crippen LogP contribution in [0.1, 0.15) is 46.0 Å². The molecule has 4 heteroatoms. The van der Waals surface area contributed by atoms with Crippen molar-refractivity contribution in [2.24, 2.45) is 17.1 Å². The first kappa shape index (κ1) is 16.7. The van der Waals surface area contributed by atoms with E-state index in [-0.39, 0.29) is 23.7 Å². The molecule has 2 N–H and O–H groups in total. The Morgan fingerprint density at radius 1 is 1.35 bits per heavy atom. The van der Waals surface area contributed by atoms with E-state index in [1.54, 1.807) is 0 Å². The van der Waals surface area contributed by atoms with E-state index in [9.17, 15) is 4.79 Å². The van der Waals surface area contributed by atoms with Crippen LogP contribution in [0.5, 0.6) is 0 Å². The van der Waals surface area contributed by atoms with Crippen LogP contribution >= 0.6 is 12.4 Å². The second-order valence-corrected chi connectivity index (χ2v) is 5.15. The standard InChI is InChI=1S/C13H26N2O.ClH/c1-4-13(5-2,10-14)12(16)15(3)9-8-11-6-7-11;/h11H,4-10,14H2,1-3H3;1H. The first-order chi connectivity index (χ1) is 7.59. The van der Waals surface area contributed by atoms with Gasteiger partial charge in [-0.3, -0.25) is 4.79 Å². The fourth-order valence-corrected chi connectivity index (χ4v) is 2.22. The zero-order valence-electron chi connectivity index (χ0n) is 11.4. The highest BCUT2D eigenvalue weighted by Crippen LogP contribution is 2.33. The summed E-state index contributed by atoms with van der Waals surface area (Å²) in [7, 11) is 1.92. The van der Waals surface area contributed by atoms with Gasteiger partial charge in [0.15, 0.2) is 0 Å². The van der Waals surface area contributed by atoms with E-state index in [2.05, 4.69) is 13.8 Å². The number of carbonyl (C=O) groups excluding carboxylic acids is 1. The van der Waals surface area contributed by atoms with E-state index < -0.39 is 0 Å². The van der Waals surface area contributed by atoms with Crippen LogP contribution in [0.4, 0.5) is 0 Å². The van der Waals surface area contributed by atoms with Crippen molar-refractivity contribution >= 4 is 18.3 Å². The van der Waals surface area contributed by atoms with Crippen molar-refractivity contribution in [2.75, 3.05) is 20.1 Å². The van der Waals surface area contributed by atoms with Crippen LogP contribution in [0.3, 0.4) is 0 Å². The Labute approximate surface area is 112 Å². The zero-order valence-corrected chi connectivity index (χ0v) is 12.2. The van der Waals surface area contributed by atoms with Gasteiger partial charge in [-0.25, -0.2) is 0 Å². The summed E-state index contributed by atoms with van der Waals surface area (Å²) in [6.07, 6.45) is 5.55. The maximum Gasteiger partial charge on any atom is 0.229 e. The van der Waals surface area contributed by atoms with Crippen molar-refractivity contribution < 1.29 is 4.79 Å². The van der Waals surface area contributed by atoms with Crippen LogP contribution in [0, 0.1) is 11.3 Å². The molecular weight excluding hydrogens is 236 g/mol. The Morgan fingerprint density at radius 2 is 1.88 bits per heavy atom. The lowest BCUT2D eigenvalue weighted by atomic mass is 9.81. The third-order valence-electron chi connectivity index (χ3n) is 4.11. The number of halogens is 1. The van der Waals surface area contributed by atoms with Gasteiger partial charge in [-0.1, -0.05) is 26.7 Å². The first-order valence-electron chi connectivity index (χ1n) is 6.55. The summed E-state index contributed by atoms with van der Waals surface area (Å²) in [6, 6.07) is 0. The summed E-state index contributed by atoms with van der Waals surface area (Å²) >= 11 is 0. The third kappa shape index (κ3) is 4.14. The Hall–Kier alpha value is -0.280. The Balaban J connectivity index is 0.00000256. The van der Waals surface area contributed by atoms with Gasteiger partial charge in [-0.15, -0.1) is 12.4 Å². The van der Waals surface area contributed by atoms with Gasteiger partial charge in [0.25, 0.3) is 0 Å². The molecule has 1 amide bonds. The minimum absolute atomic E-state index is 0. The van der Waals surface area contributed by atoms with Gasteiger partial charge in [0.2, 0.25) is 5.91 Å². The highest BCUT2D eigenvalue weighted by Gasteiger charge is 2.35. The summed E-state index contributed by atoms with van der Waals surface area (Å²) in [4.78, 5) is 14.2. The van der Waals surface area contributed by atoms with Crippen LogP contribution in [0.25, 0.3) is 0 Å². The van der Waals surface area contributed by atoms with Gasteiger partial charge in [0, 0.05) is 20.1 Å². The molecule has 0 unspecified atom stereocenters. The zero-order chi connectivity index (χ0) is 12.2. The summed E-state index contributed by atoms with van der Waals surface area (Å²) < 4.78 is 0. The number of nitrogens with zero attached hydrogens (tertiary/aromatic N) is 1. The van der Waals surface area contributed by atoms with Gasteiger partial charge in [0.05, 0.1) is 5.41 Å². The average Bonchev–Trinajstić information content (AvgIpc) is 3.12. The van der Waals surface area contributed by atoms with Crippen LogP contribution in [-0.4, -0.2) is 30.9 Å². The molecule has 102 valence electrons. The first-order valence-corrected chi connectivity index (χ1v) is 6.55. The van der Waals surface area contributed by atoms with Crippen molar-refractivity contribution in [3.8, 4) is 0 Å². The van der Waals surface area contributed by atoms with E-state index in [4.69, 9.17) is 5.73 Å². The molecule has 0 aromatic heterocycles. The Bertz CT molecular complexity index is 229. The number of nitrogens with two attached hydrogens (primary N) is 1. The number of hydrogen-bond acceptors (Lipinski definition) is 2. The van der Waals surface area contributed by atoms with Gasteiger partial charge in [-0.2, -0.15) is 0 Å². The molecule has 17 heavy (non-hydrogen) atoms. The molecule has 1 fully saturated rings. The molecule has 1 rings (SSSR count). The van der Waals surface area contributed by atoms with E-state index in [1.807, 2.05) is 11.9 Å². The highest BCUT2D eigenvalue weighted by molar-refractivity contribution is 5.85. The summed E-state index contributed by atoms with van der Waals surface area (Å²) in [5, 5.41) is 0. The molecular formula is C13H27ClN2O. The van der Waals surface area contributed by atoms with Gasteiger partial charge in [0.1, 0.15) is 0 Å². The van der Waals surface area contributed by atoms with Gasteiger partial charge >= 0.3 is 0 Å². The lowest BCUT2D eigenvalue weighted by Crippen LogP contribution is -2.46. The van der Waals surface area contributed by atoms with E-state index >= 15 is 0 Å². The summed E-state index contributed by atoms with van der Waals surface area (Å²) in [5.74, 6) is 1.12. The topological polar surface area (TPSA) is 46.3 Å². The summed E-state index contributed by atoms with van der Waals surface area (Å²) in [6.45, 7) is 5.48. The second-order valence-electron chi connectivity index (χ2n) is 5.15. The molecule has 0 saturated heterocycles. The molecule has 1 aliphatic rings. The number of amides is 1. The maximum atomic E-state index is 12.3. The van der Waals surface area contributed by atoms with Crippen molar-refractivity contribution in [2.45, 2.75) is 46.0 Å². The molecule has 0 aromatic carbocycles. The largest absolute Gasteiger partial charge is 0.345 e. The SMILES string of the molecule is CCC(CC)(CN)C(=O)N(C)CCC1CC1.Cl. The molecule has 0 bridgehead atoms. The Kier molecular flexibility index (Phi) is 7.10. The van der Waals surface area contributed by atoms with Crippen molar-refractivity contribution in [1.82, 2.24) is 4.90 Å².